The molecule has 0 saturated heterocycles. The molecule has 2 aliphatic rings. The van der Waals surface area contributed by atoms with Crippen molar-refractivity contribution in [3.8, 4) is 0 Å². The first-order valence-electron chi connectivity index (χ1n) is 6.75. The Balaban J connectivity index is 1.73. The average molecular weight is 244 g/mol. The van der Waals surface area contributed by atoms with Gasteiger partial charge >= 0.3 is 0 Å². The number of nitrogen functional groups attached to an aromatic ring is 1. The van der Waals surface area contributed by atoms with E-state index in [9.17, 15) is 4.79 Å². The van der Waals surface area contributed by atoms with Crippen LogP contribution in [-0.2, 0) is 4.79 Å². The van der Waals surface area contributed by atoms with E-state index in [0.29, 0.717) is 17.5 Å². The lowest BCUT2D eigenvalue weighted by molar-refractivity contribution is -0.118. The molecule has 3 rings (SSSR count). The van der Waals surface area contributed by atoms with Crippen LogP contribution in [0.2, 0.25) is 0 Å². The van der Waals surface area contributed by atoms with E-state index in [-0.39, 0.29) is 11.8 Å². The predicted molar refractivity (Wildman–Crippen MR) is 73.3 cm³/mol. The van der Waals surface area contributed by atoms with Crippen LogP contribution in [0.15, 0.2) is 12.1 Å². The molecule has 0 bridgehead atoms. The lowest BCUT2D eigenvalue weighted by Gasteiger charge is -2.11. The number of amides is 1. The zero-order valence-corrected chi connectivity index (χ0v) is 11.0. The molecule has 1 amide bonds. The molecule has 0 heterocycles. The number of aryl methyl sites for hydroxylation is 2. The molecule has 2 aliphatic carbocycles. The highest BCUT2D eigenvalue weighted by molar-refractivity contribution is 5.97. The molecule has 2 unspecified atom stereocenters. The molecule has 2 saturated carbocycles. The topological polar surface area (TPSA) is 55.1 Å². The van der Waals surface area contributed by atoms with Crippen molar-refractivity contribution in [3.05, 3.63) is 23.3 Å². The van der Waals surface area contributed by atoms with Crippen LogP contribution in [0, 0.1) is 31.6 Å². The van der Waals surface area contributed by atoms with Crippen LogP contribution < -0.4 is 11.1 Å². The summed E-state index contributed by atoms with van der Waals surface area (Å²) in [5.74, 6) is 1.72. The molecular formula is C15H20N2O. The summed E-state index contributed by atoms with van der Waals surface area (Å²) in [7, 11) is 0. The highest BCUT2D eigenvalue weighted by Crippen LogP contribution is 2.57. The van der Waals surface area contributed by atoms with Gasteiger partial charge in [0.25, 0.3) is 0 Å². The molecule has 0 aliphatic heterocycles. The number of anilines is 2. The van der Waals surface area contributed by atoms with Crippen LogP contribution in [-0.4, -0.2) is 5.91 Å². The van der Waals surface area contributed by atoms with Crippen LogP contribution in [0.25, 0.3) is 0 Å². The van der Waals surface area contributed by atoms with Crippen LogP contribution in [0.1, 0.15) is 30.4 Å². The van der Waals surface area contributed by atoms with E-state index in [0.717, 1.165) is 16.8 Å². The molecule has 0 radical (unpaired) electrons. The summed E-state index contributed by atoms with van der Waals surface area (Å²) >= 11 is 0. The van der Waals surface area contributed by atoms with Gasteiger partial charge in [0.15, 0.2) is 0 Å². The van der Waals surface area contributed by atoms with Gasteiger partial charge in [-0.2, -0.15) is 0 Å². The van der Waals surface area contributed by atoms with E-state index >= 15 is 0 Å². The summed E-state index contributed by atoms with van der Waals surface area (Å²) in [5, 5.41) is 3.00. The largest absolute Gasteiger partial charge is 0.397 e. The number of carbonyl (C=O) groups excluding carboxylic acids is 1. The van der Waals surface area contributed by atoms with E-state index in [1.807, 2.05) is 26.0 Å². The van der Waals surface area contributed by atoms with Crippen LogP contribution in [0.5, 0.6) is 0 Å². The molecule has 0 spiro atoms. The summed E-state index contributed by atoms with van der Waals surface area (Å²) in [6.45, 7) is 4.07. The third-order valence-electron chi connectivity index (χ3n) is 4.63. The smallest absolute Gasteiger partial charge is 0.228 e. The molecular weight excluding hydrogens is 224 g/mol. The number of rotatable bonds is 2. The van der Waals surface area contributed by atoms with E-state index < -0.39 is 0 Å². The Kier molecular flexibility index (Phi) is 2.58. The van der Waals surface area contributed by atoms with Crippen LogP contribution in [0.4, 0.5) is 11.4 Å². The second-order valence-corrected chi connectivity index (χ2v) is 5.80. The van der Waals surface area contributed by atoms with Gasteiger partial charge in [-0.3, -0.25) is 4.79 Å². The lowest BCUT2D eigenvalue weighted by atomic mass is 10.1. The predicted octanol–water partition coefficient (Wildman–Crippen LogP) is 2.87. The van der Waals surface area contributed by atoms with Crippen molar-refractivity contribution in [1.29, 1.82) is 0 Å². The second kappa shape index (κ2) is 4.01. The Morgan fingerprint density at radius 1 is 1.22 bits per heavy atom. The van der Waals surface area contributed by atoms with E-state index in [2.05, 4.69) is 5.32 Å². The normalized spacial score (nSPS) is 28.9. The SMILES string of the molecule is Cc1cc(N)c(NC(=O)C2C3CCCC32)cc1C. The maximum Gasteiger partial charge on any atom is 0.228 e. The van der Waals surface area contributed by atoms with Crippen molar-refractivity contribution < 1.29 is 4.79 Å². The molecule has 1 aromatic rings. The third kappa shape index (κ3) is 1.78. The molecule has 3 heteroatoms. The Morgan fingerprint density at radius 2 is 1.83 bits per heavy atom. The van der Waals surface area contributed by atoms with Gasteiger partial charge in [0.2, 0.25) is 5.91 Å². The first kappa shape index (κ1) is 11.6. The fourth-order valence-corrected chi connectivity index (χ4v) is 3.37. The van der Waals surface area contributed by atoms with Crippen molar-refractivity contribution in [2.24, 2.45) is 17.8 Å². The minimum absolute atomic E-state index is 0.166. The van der Waals surface area contributed by atoms with Crippen molar-refractivity contribution >= 4 is 17.3 Å². The minimum atomic E-state index is 0.166. The number of carbonyl (C=O) groups is 1. The maximum atomic E-state index is 12.2. The van der Waals surface area contributed by atoms with Crippen LogP contribution >= 0.6 is 0 Å². The molecule has 0 aromatic heterocycles. The Bertz CT molecular complexity index is 499. The van der Waals surface area contributed by atoms with E-state index in [1.165, 1.54) is 19.3 Å². The fraction of sp³-hybridized carbons (Fsp3) is 0.533. The van der Waals surface area contributed by atoms with E-state index in [4.69, 9.17) is 5.73 Å². The molecule has 2 fully saturated rings. The molecule has 3 N–H and O–H groups in total. The van der Waals surface area contributed by atoms with Crippen LogP contribution in [0.3, 0.4) is 0 Å². The summed E-state index contributed by atoms with van der Waals surface area (Å²) in [6.07, 6.45) is 3.75. The van der Waals surface area contributed by atoms with Gasteiger partial charge in [-0.05, 0) is 61.8 Å². The number of fused-ring (bicyclic) bond motifs is 1. The van der Waals surface area contributed by atoms with Gasteiger partial charge in [0.05, 0.1) is 11.4 Å². The Morgan fingerprint density at radius 3 is 2.50 bits per heavy atom. The number of nitrogens with one attached hydrogen (secondary N) is 1. The first-order chi connectivity index (χ1) is 8.58. The monoisotopic (exact) mass is 244 g/mol. The molecule has 2 atom stereocenters. The highest BCUT2D eigenvalue weighted by Gasteiger charge is 2.56. The first-order valence-corrected chi connectivity index (χ1v) is 6.75. The maximum absolute atomic E-state index is 12.2. The molecule has 18 heavy (non-hydrogen) atoms. The van der Waals surface area contributed by atoms with Gasteiger partial charge < -0.3 is 11.1 Å². The van der Waals surface area contributed by atoms with Crippen molar-refractivity contribution in [3.63, 3.8) is 0 Å². The second-order valence-electron chi connectivity index (χ2n) is 5.80. The third-order valence-corrected chi connectivity index (χ3v) is 4.63. The zero-order valence-electron chi connectivity index (χ0n) is 11.0. The minimum Gasteiger partial charge on any atom is -0.397 e. The van der Waals surface area contributed by atoms with Crippen molar-refractivity contribution in [1.82, 2.24) is 0 Å². The Hall–Kier alpha value is -1.51. The summed E-state index contributed by atoms with van der Waals surface area (Å²) in [4.78, 5) is 12.2. The lowest BCUT2D eigenvalue weighted by Crippen LogP contribution is -2.17. The molecule has 96 valence electrons. The highest BCUT2D eigenvalue weighted by atomic mass is 16.2. The zero-order chi connectivity index (χ0) is 12.9. The molecule has 1 aromatic carbocycles. The standard InChI is InChI=1S/C15H20N2O/c1-8-6-12(16)13(7-9(8)2)17-15(18)14-10-4-3-5-11(10)14/h6-7,10-11,14H,3-5,16H2,1-2H3,(H,17,18). The number of hydrogen-bond acceptors (Lipinski definition) is 2. The Labute approximate surface area is 108 Å². The quantitative estimate of drug-likeness (QED) is 0.786. The van der Waals surface area contributed by atoms with Crippen molar-refractivity contribution in [2.45, 2.75) is 33.1 Å². The van der Waals surface area contributed by atoms with Gasteiger partial charge in [-0.1, -0.05) is 6.42 Å². The summed E-state index contributed by atoms with van der Waals surface area (Å²) in [5.41, 5.74) is 9.72. The van der Waals surface area contributed by atoms with Gasteiger partial charge in [0, 0.05) is 5.92 Å². The van der Waals surface area contributed by atoms with Crippen molar-refractivity contribution in [2.75, 3.05) is 11.1 Å². The molecule has 3 nitrogen and oxygen atoms in total. The summed E-state index contributed by atoms with van der Waals surface area (Å²) in [6, 6.07) is 3.90. The van der Waals surface area contributed by atoms with E-state index in [1.54, 1.807) is 0 Å². The number of benzene rings is 1. The average Bonchev–Trinajstić information content (AvgIpc) is 2.80. The fourth-order valence-electron chi connectivity index (χ4n) is 3.37. The van der Waals surface area contributed by atoms with Gasteiger partial charge in [-0.15, -0.1) is 0 Å². The number of hydrogen-bond donors (Lipinski definition) is 2. The summed E-state index contributed by atoms with van der Waals surface area (Å²) < 4.78 is 0. The van der Waals surface area contributed by atoms with Gasteiger partial charge in [0.1, 0.15) is 0 Å². The number of nitrogens with two attached hydrogens (primary N) is 1. The van der Waals surface area contributed by atoms with Gasteiger partial charge in [-0.25, -0.2) is 0 Å².